The van der Waals surface area contributed by atoms with Crippen LogP contribution in [0.4, 0.5) is 0 Å². The lowest BCUT2D eigenvalue weighted by Crippen LogP contribution is -2.69. The molecule has 1 heterocycles. The zero-order valence-electron chi connectivity index (χ0n) is 17.8. The van der Waals surface area contributed by atoms with E-state index in [-0.39, 0.29) is 34.5 Å². The summed E-state index contributed by atoms with van der Waals surface area (Å²) in [4.78, 5) is 23.5. The molecule has 1 aromatic carbocycles. The number of carboxylic acids is 1. The van der Waals surface area contributed by atoms with E-state index in [2.05, 4.69) is 13.8 Å². The van der Waals surface area contributed by atoms with Gasteiger partial charge in [0.2, 0.25) is 0 Å². The number of carbonyl (C=O) groups excluding carboxylic acids is 1. The van der Waals surface area contributed by atoms with Gasteiger partial charge in [0.25, 0.3) is 0 Å². The standard InChI is InChI=1S/C23H30O7/c1-11-5-6-17-21(2,3)19(27)16(26)9-22(17,4)23(11)8-13-15(25)7-12(20(28)29)14(10-24)18(13)30-23/h7,10-11,16-17,19,25-27H,5-6,8-9H2,1-4H3,(H,28,29)/t11-,16-,17?,19-,22+,23?/m1/s1. The number of aldehydes is 1. The summed E-state index contributed by atoms with van der Waals surface area (Å²) < 4.78 is 6.54. The Kier molecular flexibility index (Phi) is 4.53. The number of fused-ring (bicyclic) bond motifs is 3. The molecule has 2 aliphatic carbocycles. The number of aromatic hydroxyl groups is 1. The maximum absolute atomic E-state index is 11.8. The Hall–Kier alpha value is -2.12. The maximum Gasteiger partial charge on any atom is 0.336 e. The highest BCUT2D eigenvalue weighted by molar-refractivity contribution is 6.00. The third-order valence-electron chi connectivity index (χ3n) is 8.55. The average Bonchev–Trinajstić information content (AvgIpc) is 3.07. The Morgan fingerprint density at radius 2 is 1.90 bits per heavy atom. The van der Waals surface area contributed by atoms with Crippen molar-refractivity contribution in [2.24, 2.45) is 22.7 Å². The number of phenols is 1. The van der Waals surface area contributed by atoms with Crippen molar-refractivity contribution in [2.45, 2.75) is 71.2 Å². The van der Waals surface area contributed by atoms with Crippen LogP contribution in [-0.4, -0.2) is 50.5 Å². The molecule has 2 unspecified atom stereocenters. The number of carboxylic acid groups (broad SMARTS) is 1. The molecule has 4 N–H and O–H groups in total. The number of benzene rings is 1. The first-order valence-corrected chi connectivity index (χ1v) is 10.5. The molecule has 2 fully saturated rings. The number of rotatable bonds is 2. The second-order valence-corrected chi connectivity index (χ2v) is 10.2. The van der Waals surface area contributed by atoms with Crippen LogP contribution in [0.25, 0.3) is 0 Å². The first-order valence-electron chi connectivity index (χ1n) is 10.5. The summed E-state index contributed by atoms with van der Waals surface area (Å²) in [6.07, 6.45) is 1.02. The molecule has 0 aromatic heterocycles. The van der Waals surface area contributed by atoms with Crippen LogP contribution in [0.3, 0.4) is 0 Å². The van der Waals surface area contributed by atoms with Crippen LogP contribution in [0.15, 0.2) is 6.07 Å². The van der Waals surface area contributed by atoms with Crippen LogP contribution < -0.4 is 4.74 Å². The summed E-state index contributed by atoms with van der Waals surface area (Å²) in [6, 6.07) is 1.12. The minimum Gasteiger partial charge on any atom is -0.508 e. The van der Waals surface area contributed by atoms with Gasteiger partial charge in [-0.15, -0.1) is 0 Å². The van der Waals surface area contributed by atoms with Crippen molar-refractivity contribution in [3.8, 4) is 11.5 Å². The predicted molar refractivity (Wildman–Crippen MR) is 108 cm³/mol. The van der Waals surface area contributed by atoms with Gasteiger partial charge < -0.3 is 25.2 Å². The van der Waals surface area contributed by atoms with E-state index in [1.807, 2.05) is 13.8 Å². The molecule has 2 saturated carbocycles. The Morgan fingerprint density at radius 1 is 1.23 bits per heavy atom. The molecule has 0 saturated heterocycles. The van der Waals surface area contributed by atoms with Crippen LogP contribution in [0.2, 0.25) is 0 Å². The van der Waals surface area contributed by atoms with E-state index in [4.69, 9.17) is 4.74 Å². The molecule has 4 rings (SSSR count). The molecule has 7 nitrogen and oxygen atoms in total. The predicted octanol–water partition coefficient (Wildman–Crippen LogP) is 2.78. The third kappa shape index (κ3) is 2.45. The van der Waals surface area contributed by atoms with Gasteiger partial charge in [0.1, 0.15) is 17.1 Å². The lowest BCUT2D eigenvalue weighted by Gasteiger charge is -2.64. The normalized spacial score (nSPS) is 39.1. The molecule has 0 radical (unpaired) electrons. The molecule has 1 spiro atoms. The molecule has 1 aromatic rings. The van der Waals surface area contributed by atoms with Gasteiger partial charge >= 0.3 is 5.97 Å². The van der Waals surface area contributed by atoms with Gasteiger partial charge in [0, 0.05) is 17.4 Å². The van der Waals surface area contributed by atoms with E-state index < -0.39 is 34.6 Å². The van der Waals surface area contributed by atoms with Crippen molar-refractivity contribution in [2.75, 3.05) is 0 Å². The Balaban J connectivity index is 1.90. The largest absolute Gasteiger partial charge is 0.508 e. The molecule has 3 aliphatic rings. The third-order valence-corrected chi connectivity index (χ3v) is 8.55. The first kappa shape index (κ1) is 21.1. The van der Waals surface area contributed by atoms with Crippen LogP contribution >= 0.6 is 0 Å². The smallest absolute Gasteiger partial charge is 0.336 e. The van der Waals surface area contributed by atoms with Crippen LogP contribution in [-0.2, 0) is 6.42 Å². The van der Waals surface area contributed by atoms with Crippen molar-refractivity contribution in [3.63, 3.8) is 0 Å². The van der Waals surface area contributed by atoms with Gasteiger partial charge in [-0.2, -0.15) is 0 Å². The lowest BCUT2D eigenvalue weighted by atomic mass is 9.43. The SMILES string of the molecule is C[C@@H]1CCC2C(C)(C)[C@H](O)[C@H](O)C[C@]2(C)C12Cc1c(O)cc(C(=O)O)c(C=O)c1O2. The number of hydrogen-bond acceptors (Lipinski definition) is 6. The van der Waals surface area contributed by atoms with E-state index in [9.17, 15) is 30.0 Å². The van der Waals surface area contributed by atoms with Crippen LogP contribution in [0.5, 0.6) is 11.5 Å². The Bertz CT molecular complexity index is 923. The van der Waals surface area contributed by atoms with Crippen molar-refractivity contribution in [1.29, 1.82) is 0 Å². The fourth-order valence-electron chi connectivity index (χ4n) is 6.94. The maximum atomic E-state index is 11.8. The monoisotopic (exact) mass is 418 g/mol. The molecular formula is C23H30O7. The fraction of sp³-hybridized carbons (Fsp3) is 0.652. The van der Waals surface area contributed by atoms with E-state index in [1.54, 1.807) is 0 Å². The van der Waals surface area contributed by atoms with Crippen LogP contribution in [0, 0.1) is 22.7 Å². The van der Waals surface area contributed by atoms with E-state index in [0.717, 1.165) is 18.9 Å². The fourth-order valence-corrected chi connectivity index (χ4v) is 6.94. The van der Waals surface area contributed by atoms with Crippen molar-refractivity contribution in [1.82, 2.24) is 0 Å². The second kappa shape index (κ2) is 6.44. The lowest BCUT2D eigenvalue weighted by molar-refractivity contribution is -0.240. The molecule has 0 amide bonds. The van der Waals surface area contributed by atoms with Gasteiger partial charge in [0.15, 0.2) is 6.29 Å². The number of phenolic OH excluding ortho intramolecular Hbond substituents is 1. The minimum absolute atomic E-state index is 0.0367. The van der Waals surface area contributed by atoms with Crippen LogP contribution in [0.1, 0.15) is 73.2 Å². The second-order valence-electron chi connectivity index (χ2n) is 10.2. The van der Waals surface area contributed by atoms with Crippen molar-refractivity contribution < 1.29 is 34.8 Å². The molecule has 30 heavy (non-hydrogen) atoms. The number of aromatic carboxylic acids is 1. The average molecular weight is 418 g/mol. The summed E-state index contributed by atoms with van der Waals surface area (Å²) >= 11 is 0. The number of ether oxygens (including phenoxy) is 1. The van der Waals surface area contributed by atoms with Crippen molar-refractivity contribution >= 4 is 12.3 Å². The van der Waals surface area contributed by atoms with Gasteiger partial charge in [0.05, 0.1) is 23.3 Å². The molecule has 0 bridgehead atoms. The van der Waals surface area contributed by atoms with E-state index >= 15 is 0 Å². The summed E-state index contributed by atoms with van der Waals surface area (Å²) in [7, 11) is 0. The minimum atomic E-state index is -1.31. The summed E-state index contributed by atoms with van der Waals surface area (Å²) in [5.74, 6) is -1.29. The van der Waals surface area contributed by atoms with E-state index in [1.165, 1.54) is 0 Å². The quantitative estimate of drug-likeness (QED) is 0.544. The number of aliphatic hydroxyl groups excluding tert-OH is 2. The molecular weight excluding hydrogens is 388 g/mol. The van der Waals surface area contributed by atoms with Gasteiger partial charge in [-0.1, -0.05) is 27.7 Å². The molecule has 6 atom stereocenters. The highest BCUT2D eigenvalue weighted by atomic mass is 16.5. The first-order chi connectivity index (χ1) is 13.9. The summed E-state index contributed by atoms with van der Waals surface area (Å²) in [5.41, 5.74) is -1.86. The number of carbonyl (C=O) groups is 2. The summed E-state index contributed by atoms with van der Waals surface area (Å²) in [6.45, 7) is 8.05. The zero-order chi connectivity index (χ0) is 22.2. The highest BCUT2D eigenvalue weighted by Crippen LogP contribution is 2.66. The highest BCUT2D eigenvalue weighted by Gasteiger charge is 2.68. The van der Waals surface area contributed by atoms with Gasteiger partial charge in [-0.3, -0.25) is 4.79 Å². The molecule has 7 heteroatoms. The topological polar surface area (TPSA) is 124 Å². The van der Waals surface area contributed by atoms with Gasteiger partial charge in [-0.25, -0.2) is 4.79 Å². The molecule has 1 aliphatic heterocycles. The Morgan fingerprint density at radius 3 is 2.50 bits per heavy atom. The zero-order valence-corrected chi connectivity index (χ0v) is 17.8. The van der Waals surface area contributed by atoms with Gasteiger partial charge in [-0.05, 0) is 42.6 Å². The summed E-state index contributed by atoms with van der Waals surface area (Å²) in [5, 5.41) is 41.6. The van der Waals surface area contributed by atoms with Crippen molar-refractivity contribution in [3.05, 3.63) is 22.8 Å². The Labute approximate surface area is 175 Å². The van der Waals surface area contributed by atoms with E-state index in [0.29, 0.717) is 24.7 Å². The number of hydrogen-bond donors (Lipinski definition) is 4. The molecule has 164 valence electrons. The number of aliphatic hydroxyl groups is 2.